The van der Waals surface area contributed by atoms with E-state index in [0.29, 0.717) is 24.9 Å². The quantitative estimate of drug-likeness (QED) is 0.223. The molecule has 12 rings (SSSR count). The number of hydrogen-bond acceptors (Lipinski definition) is 8. The molecule has 6 aliphatic heterocycles. The molecule has 8 aliphatic rings. The highest BCUT2D eigenvalue weighted by Crippen LogP contribution is 2.61. The number of carbonyl (C=O) groups excluding carboxylic acids is 2. The number of methoxy groups -OCH3 is 3. The van der Waals surface area contributed by atoms with Crippen LogP contribution in [0.1, 0.15) is 79.9 Å². The summed E-state index contributed by atoms with van der Waals surface area (Å²) < 4.78 is 24.5. The van der Waals surface area contributed by atoms with Crippen molar-refractivity contribution in [3.05, 3.63) is 64.5 Å². The van der Waals surface area contributed by atoms with Crippen molar-refractivity contribution in [1.82, 2.24) is 19.8 Å². The molecule has 1 saturated carbocycles. The van der Waals surface area contributed by atoms with Gasteiger partial charge in [0.05, 0.1) is 33.5 Å². The predicted octanol–water partition coefficient (Wildman–Crippen LogP) is 6.30. The molecule has 6 fully saturated rings. The van der Waals surface area contributed by atoms with Gasteiger partial charge >= 0.3 is 11.9 Å². The van der Waals surface area contributed by atoms with Crippen LogP contribution in [0.4, 0.5) is 0 Å². The number of fused-ring (bicyclic) bond motifs is 8. The summed E-state index contributed by atoms with van der Waals surface area (Å²) in [5.41, 5.74) is 6.30. The number of aromatic amines is 2. The summed E-state index contributed by atoms with van der Waals surface area (Å²) in [5.74, 6) is 1.38. The van der Waals surface area contributed by atoms with E-state index in [4.69, 9.17) is 18.9 Å². The molecule has 2 aromatic heterocycles. The molecule has 5 saturated heterocycles. The molecule has 54 heavy (non-hydrogen) atoms. The van der Waals surface area contributed by atoms with Gasteiger partial charge < -0.3 is 28.9 Å². The van der Waals surface area contributed by atoms with Crippen LogP contribution in [0.3, 0.4) is 0 Å². The average molecular weight is 735 g/mol. The van der Waals surface area contributed by atoms with Crippen LogP contribution in [0.15, 0.2) is 36.4 Å². The minimum atomic E-state index is -0.837. The normalized spacial score (nSPS) is 36.6. The fourth-order valence-electron chi connectivity index (χ4n) is 13.6. The first-order valence-electron chi connectivity index (χ1n) is 20.3. The van der Waals surface area contributed by atoms with E-state index in [2.05, 4.69) is 77.1 Å². The first-order chi connectivity index (χ1) is 26.2. The lowest BCUT2D eigenvalue weighted by molar-refractivity contribution is -0.279. The van der Waals surface area contributed by atoms with Crippen molar-refractivity contribution in [2.45, 2.75) is 88.4 Å². The first kappa shape index (κ1) is 34.6. The van der Waals surface area contributed by atoms with Gasteiger partial charge in [-0.15, -0.1) is 0 Å². The van der Waals surface area contributed by atoms with Crippen molar-refractivity contribution >= 4 is 33.7 Å². The van der Waals surface area contributed by atoms with E-state index in [-0.39, 0.29) is 48.0 Å². The summed E-state index contributed by atoms with van der Waals surface area (Å²) in [6.07, 6.45) is 6.08. The number of carbonyl (C=O) groups is 2. The van der Waals surface area contributed by atoms with E-state index >= 15 is 0 Å². The average Bonchev–Trinajstić information content (AvgIpc) is 3.74. The van der Waals surface area contributed by atoms with Crippen molar-refractivity contribution in [3.8, 4) is 5.75 Å². The number of nitrogens with zero attached hydrogens (tertiary/aromatic N) is 2. The Hall–Kier alpha value is -3.86. The highest BCUT2D eigenvalue weighted by molar-refractivity contribution is 5.95. The monoisotopic (exact) mass is 734 g/mol. The van der Waals surface area contributed by atoms with E-state index in [1.807, 2.05) is 0 Å². The molecular formula is C44H54N4O6. The third-order valence-electron chi connectivity index (χ3n) is 15.5. The molecule has 8 heterocycles. The van der Waals surface area contributed by atoms with Gasteiger partial charge in [0.1, 0.15) is 22.8 Å². The van der Waals surface area contributed by atoms with Gasteiger partial charge in [0, 0.05) is 70.2 Å². The summed E-state index contributed by atoms with van der Waals surface area (Å²) in [4.78, 5) is 41.8. The van der Waals surface area contributed by atoms with Crippen molar-refractivity contribution in [2.24, 2.45) is 29.1 Å². The van der Waals surface area contributed by atoms with Crippen LogP contribution in [0.2, 0.25) is 0 Å². The van der Waals surface area contributed by atoms with Crippen molar-refractivity contribution in [2.75, 3.05) is 48.1 Å². The van der Waals surface area contributed by atoms with Crippen LogP contribution in [0.25, 0.3) is 21.8 Å². The molecule has 286 valence electrons. The first-order valence-corrected chi connectivity index (χ1v) is 20.3. The van der Waals surface area contributed by atoms with Crippen molar-refractivity contribution in [1.29, 1.82) is 0 Å². The summed E-state index contributed by atoms with van der Waals surface area (Å²) in [7, 11) is 6.99. The zero-order valence-corrected chi connectivity index (χ0v) is 32.5. The molecule has 0 radical (unpaired) electrons. The highest BCUT2D eigenvalue weighted by atomic mass is 16.5. The summed E-state index contributed by atoms with van der Waals surface area (Å²) in [6.45, 7) is 6.83. The van der Waals surface area contributed by atoms with Gasteiger partial charge in [0.2, 0.25) is 0 Å². The topological polar surface area (TPSA) is 109 Å². The number of likely N-dealkylation sites (N-methyl/N-ethyl adjacent to an activating group) is 1. The minimum Gasteiger partial charge on any atom is -0.496 e. The summed E-state index contributed by atoms with van der Waals surface area (Å²) in [6, 6.07) is 12.9. The smallest absolute Gasteiger partial charge is 0.319 e. The Bertz CT molecular complexity index is 2170. The Morgan fingerprint density at radius 1 is 0.963 bits per heavy atom. The van der Waals surface area contributed by atoms with E-state index in [0.717, 1.165) is 78.6 Å². The fraction of sp³-hybridized carbons (Fsp3) is 0.591. The van der Waals surface area contributed by atoms with Crippen LogP contribution < -0.4 is 4.74 Å². The van der Waals surface area contributed by atoms with E-state index in [1.165, 1.54) is 35.7 Å². The zero-order chi connectivity index (χ0) is 37.3. The maximum absolute atomic E-state index is 14.5. The van der Waals surface area contributed by atoms with Gasteiger partial charge in [-0.3, -0.25) is 19.4 Å². The minimum absolute atomic E-state index is 0.00146. The molecule has 1 unspecified atom stereocenters. The number of hydrogen-bond donors (Lipinski definition) is 2. The second-order valence-electron chi connectivity index (χ2n) is 17.4. The standard InChI is InChI=1S/C44H54N4O6/c1-7-24-17-23-20-43(41(49)52-5)38-28(15-16-48(21-23)39(24)43)27-13-14-33(51-4)35(37(27)46-38)30-18-31-25(8-2)40-47(3)34(44(31,22-54-40)42(50)53-6)19-29-26-11-9-10-12-32(26)45-36(29)30/h9-14,23-25,30-31,34,39-40,45-46H,7-8,15-22H2,1-6H3/t23-,24-,25-,30+,31+,34-,39-,40-,43+,44+/m0/s1. The molecular weight excluding hydrogens is 681 g/mol. The van der Waals surface area contributed by atoms with Crippen LogP contribution in [0, 0.1) is 29.1 Å². The van der Waals surface area contributed by atoms with Gasteiger partial charge in [-0.2, -0.15) is 0 Å². The largest absolute Gasteiger partial charge is 0.496 e. The SMILES string of the molecule is CC[C@H]1C[C@@H]2CN3CCc4c([nH]c5c([C@H]6C[C@@H]7[C@H](CC)[C@@H]8OC[C@]7(C(=O)OC)[C@H](Cc7c6[nH]c6ccccc76)N8C)c(OC)ccc45)[C@](C(=O)OC)(C2)[C@H]13. The zero-order valence-electron chi connectivity index (χ0n) is 32.5. The number of nitrogens with one attached hydrogen (secondary N) is 2. The van der Waals surface area contributed by atoms with Gasteiger partial charge in [-0.25, -0.2) is 0 Å². The molecule has 0 amide bonds. The number of esters is 2. The summed E-state index contributed by atoms with van der Waals surface area (Å²) in [5, 5.41) is 2.34. The van der Waals surface area contributed by atoms with Gasteiger partial charge in [-0.1, -0.05) is 38.5 Å². The molecule has 0 spiro atoms. The number of H-pyrrole nitrogens is 2. The Labute approximate surface area is 317 Å². The lowest BCUT2D eigenvalue weighted by Crippen LogP contribution is -2.73. The molecule has 10 heteroatoms. The number of aromatic nitrogens is 2. The molecule has 2 aliphatic carbocycles. The second-order valence-corrected chi connectivity index (χ2v) is 17.4. The number of para-hydroxylation sites is 1. The van der Waals surface area contributed by atoms with Crippen molar-refractivity contribution < 1.29 is 28.5 Å². The van der Waals surface area contributed by atoms with Crippen LogP contribution >= 0.6 is 0 Å². The van der Waals surface area contributed by atoms with Crippen LogP contribution in [-0.4, -0.2) is 98.1 Å². The maximum Gasteiger partial charge on any atom is 0.319 e. The van der Waals surface area contributed by atoms with Gasteiger partial charge in [-0.05, 0) is 92.7 Å². The van der Waals surface area contributed by atoms with Crippen molar-refractivity contribution in [3.63, 3.8) is 0 Å². The van der Waals surface area contributed by atoms with Crippen LogP contribution in [0.5, 0.6) is 5.75 Å². The third-order valence-corrected chi connectivity index (χ3v) is 15.5. The van der Waals surface area contributed by atoms with E-state index in [1.54, 1.807) is 14.2 Å². The molecule has 8 bridgehead atoms. The summed E-state index contributed by atoms with van der Waals surface area (Å²) >= 11 is 0. The van der Waals surface area contributed by atoms with Crippen LogP contribution in [-0.2, 0) is 42.1 Å². The Morgan fingerprint density at radius 3 is 2.54 bits per heavy atom. The van der Waals surface area contributed by atoms with Gasteiger partial charge in [0.25, 0.3) is 0 Å². The molecule has 2 N–H and O–H groups in total. The predicted molar refractivity (Wildman–Crippen MR) is 206 cm³/mol. The van der Waals surface area contributed by atoms with E-state index in [9.17, 15) is 9.59 Å². The molecule has 10 nitrogen and oxygen atoms in total. The number of ether oxygens (including phenoxy) is 4. The lowest BCUT2D eigenvalue weighted by Gasteiger charge is -2.63. The third kappa shape index (κ3) is 4.28. The Balaban J connectivity index is 1.25. The Kier molecular flexibility index (Phi) is 7.90. The second kappa shape index (κ2) is 12.3. The fourth-order valence-corrected chi connectivity index (χ4v) is 13.6. The highest BCUT2D eigenvalue weighted by Gasteiger charge is 2.67. The lowest BCUT2D eigenvalue weighted by atomic mass is 9.54. The molecule has 2 aromatic carbocycles. The number of piperidine rings is 3. The maximum atomic E-state index is 14.5. The van der Waals surface area contributed by atoms with E-state index < -0.39 is 10.8 Å². The number of benzene rings is 2. The van der Waals surface area contributed by atoms with Gasteiger partial charge in [0.15, 0.2) is 0 Å². The number of rotatable bonds is 6. The molecule has 11 atom stereocenters. The molecule has 4 aromatic rings. The Morgan fingerprint density at radius 2 is 1.78 bits per heavy atom.